The topological polar surface area (TPSA) is 71.1 Å². The molecule has 25 heavy (non-hydrogen) atoms. The Morgan fingerprint density at radius 3 is 2.64 bits per heavy atom. The van der Waals surface area contributed by atoms with Gasteiger partial charge in [0.05, 0.1) is 25.9 Å². The molecule has 1 N–H and O–H groups in total. The smallest absolute Gasteiger partial charge is 0.317 e. The third-order valence-electron chi connectivity index (χ3n) is 5.39. The van der Waals surface area contributed by atoms with Gasteiger partial charge in [-0.15, -0.1) is 0 Å². The van der Waals surface area contributed by atoms with E-state index in [-0.39, 0.29) is 30.0 Å². The van der Waals surface area contributed by atoms with E-state index in [2.05, 4.69) is 12.2 Å². The van der Waals surface area contributed by atoms with Crippen molar-refractivity contribution in [3.05, 3.63) is 0 Å². The van der Waals surface area contributed by atoms with Crippen molar-refractivity contribution in [3.8, 4) is 0 Å². The summed E-state index contributed by atoms with van der Waals surface area (Å²) in [5.41, 5.74) is 0. The van der Waals surface area contributed by atoms with Gasteiger partial charge in [0.25, 0.3) is 0 Å². The second-order valence-corrected chi connectivity index (χ2v) is 7.48. The molecule has 7 nitrogen and oxygen atoms in total. The van der Waals surface area contributed by atoms with Gasteiger partial charge in [0.1, 0.15) is 0 Å². The summed E-state index contributed by atoms with van der Waals surface area (Å²) in [6.45, 7) is 8.48. The van der Waals surface area contributed by atoms with Gasteiger partial charge < -0.3 is 24.6 Å². The Kier molecular flexibility index (Phi) is 6.17. The molecule has 0 spiro atoms. The summed E-state index contributed by atoms with van der Waals surface area (Å²) in [6, 6.07) is 0.104. The second kappa shape index (κ2) is 8.36. The summed E-state index contributed by atoms with van der Waals surface area (Å²) < 4.78 is 11.1. The Morgan fingerprint density at radius 1 is 1.16 bits per heavy atom. The molecule has 0 aromatic carbocycles. The number of hydrogen-bond donors (Lipinski definition) is 1. The fraction of sp³-hybridized carbons (Fsp3) is 0.889. The standard InChI is InChI=1S/C18H31N3O4/c1-3-24-12-15-11-21(8-9-25-15)18(23)19-16-6-7-20(10-13(16)2)17(22)14-4-5-14/h13-16H,3-12H2,1-2H3,(H,19,23). The quantitative estimate of drug-likeness (QED) is 0.803. The Balaban J connectivity index is 1.45. The van der Waals surface area contributed by atoms with Crippen LogP contribution < -0.4 is 5.32 Å². The van der Waals surface area contributed by atoms with E-state index in [1.165, 1.54) is 0 Å². The number of hydrogen-bond acceptors (Lipinski definition) is 4. The number of amides is 3. The minimum atomic E-state index is -0.0464. The van der Waals surface area contributed by atoms with Crippen molar-refractivity contribution in [1.82, 2.24) is 15.1 Å². The van der Waals surface area contributed by atoms with Crippen molar-refractivity contribution in [2.75, 3.05) is 46.0 Å². The normalized spacial score (nSPS) is 30.2. The lowest BCUT2D eigenvalue weighted by atomic mass is 9.93. The fourth-order valence-corrected chi connectivity index (χ4v) is 3.65. The fourth-order valence-electron chi connectivity index (χ4n) is 3.65. The van der Waals surface area contributed by atoms with Gasteiger partial charge in [-0.2, -0.15) is 0 Å². The third-order valence-corrected chi connectivity index (χ3v) is 5.39. The van der Waals surface area contributed by atoms with Gasteiger partial charge in [0.2, 0.25) is 5.91 Å². The number of nitrogens with one attached hydrogen (secondary N) is 1. The number of piperidine rings is 1. The van der Waals surface area contributed by atoms with E-state index < -0.39 is 0 Å². The SMILES string of the molecule is CCOCC1CN(C(=O)NC2CCN(C(=O)C3CC3)CC2C)CCO1. The molecule has 2 saturated heterocycles. The predicted molar refractivity (Wildman–Crippen MR) is 93.2 cm³/mol. The van der Waals surface area contributed by atoms with Gasteiger partial charge in [-0.3, -0.25) is 4.79 Å². The van der Waals surface area contributed by atoms with Crippen LogP contribution in [-0.4, -0.2) is 79.9 Å². The van der Waals surface area contributed by atoms with Crippen LogP contribution in [0.2, 0.25) is 0 Å². The molecule has 3 unspecified atom stereocenters. The van der Waals surface area contributed by atoms with Gasteiger partial charge >= 0.3 is 6.03 Å². The molecule has 1 saturated carbocycles. The molecule has 3 amide bonds. The number of rotatable bonds is 5. The maximum absolute atomic E-state index is 12.6. The van der Waals surface area contributed by atoms with Crippen LogP contribution in [0.5, 0.6) is 0 Å². The van der Waals surface area contributed by atoms with E-state index in [0.717, 1.165) is 32.4 Å². The molecule has 7 heteroatoms. The van der Waals surface area contributed by atoms with Gasteiger partial charge in [0.15, 0.2) is 0 Å². The molecule has 2 heterocycles. The Hall–Kier alpha value is -1.34. The highest BCUT2D eigenvalue weighted by Gasteiger charge is 2.37. The number of morpholine rings is 1. The van der Waals surface area contributed by atoms with Crippen LogP contribution in [0.3, 0.4) is 0 Å². The predicted octanol–water partition coefficient (Wildman–Crippen LogP) is 1.08. The van der Waals surface area contributed by atoms with Crippen molar-refractivity contribution in [2.45, 2.75) is 45.3 Å². The summed E-state index contributed by atoms with van der Waals surface area (Å²) in [5, 5.41) is 3.17. The second-order valence-electron chi connectivity index (χ2n) is 7.48. The third kappa shape index (κ3) is 4.85. The van der Waals surface area contributed by atoms with E-state index in [4.69, 9.17) is 9.47 Å². The van der Waals surface area contributed by atoms with E-state index in [9.17, 15) is 9.59 Å². The molecule has 3 fully saturated rings. The molecule has 0 radical (unpaired) electrons. The van der Waals surface area contributed by atoms with E-state index in [0.29, 0.717) is 38.8 Å². The number of ether oxygens (including phenoxy) is 2. The molecule has 3 rings (SSSR count). The average molecular weight is 353 g/mol. The first-order valence-corrected chi connectivity index (χ1v) is 9.62. The molecule has 0 bridgehead atoms. The zero-order valence-corrected chi connectivity index (χ0v) is 15.4. The number of nitrogens with zero attached hydrogens (tertiary/aromatic N) is 2. The number of urea groups is 1. The molecular weight excluding hydrogens is 322 g/mol. The van der Waals surface area contributed by atoms with E-state index >= 15 is 0 Å². The maximum Gasteiger partial charge on any atom is 0.317 e. The number of carbonyl (C=O) groups is 2. The van der Waals surface area contributed by atoms with E-state index in [1.54, 1.807) is 0 Å². The van der Waals surface area contributed by atoms with Crippen LogP contribution in [0.4, 0.5) is 4.79 Å². The molecule has 0 aromatic rings. The first-order valence-electron chi connectivity index (χ1n) is 9.62. The lowest BCUT2D eigenvalue weighted by molar-refractivity contribution is -0.134. The van der Waals surface area contributed by atoms with Gasteiger partial charge in [-0.25, -0.2) is 4.79 Å². The van der Waals surface area contributed by atoms with Crippen LogP contribution in [-0.2, 0) is 14.3 Å². The van der Waals surface area contributed by atoms with Crippen molar-refractivity contribution < 1.29 is 19.1 Å². The Bertz CT molecular complexity index is 483. The van der Waals surface area contributed by atoms with Gasteiger partial charge in [-0.1, -0.05) is 6.92 Å². The van der Waals surface area contributed by atoms with Gasteiger partial charge in [0, 0.05) is 38.2 Å². The highest BCUT2D eigenvalue weighted by Crippen LogP contribution is 2.32. The molecule has 142 valence electrons. The van der Waals surface area contributed by atoms with Crippen LogP contribution in [0, 0.1) is 11.8 Å². The minimum Gasteiger partial charge on any atom is -0.379 e. The molecule has 2 aliphatic heterocycles. The van der Waals surface area contributed by atoms with Crippen molar-refractivity contribution in [3.63, 3.8) is 0 Å². The number of likely N-dealkylation sites (tertiary alicyclic amines) is 1. The van der Waals surface area contributed by atoms with Crippen LogP contribution in [0.1, 0.15) is 33.1 Å². The zero-order valence-electron chi connectivity index (χ0n) is 15.4. The highest BCUT2D eigenvalue weighted by molar-refractivity contribution is 5.81. The Morgan fingerprint density at radius 2 is 1.96 bits per heavy atom. The first-order chi connectivity index (χ1) is 12.1. The Labute approximate surface area is 150 Å². The molecule has 1 aliphatic carbocycles. The molecular formula is C18H31N3O4. The summed E-state index contributed by atoms with van der Waals surface area (Å²) in [5.74, 6) is 0.859. The lowest BCUT2D eigenvalue weighted by Gasteiger charge is -2.39. The summed E-state index contributed by atoms with van der Waals surface area (Å²) in [6.07, 6.45) is 2.88. The molecule has 3 atom stereocenters. The van der Waals surface area contributed by atoms with Crippen molar-refractivity contribution in [1.29, 1.82) is 0 Å². The van der Waals surface area contributed by atoms with Gasteiger partial charge in [-0.05, 0) is 32.1 Å². The molecule has 3 aliphatic rings. The first kappa shape index (κ1) is 18.5. The largest absolute Gasteiger partial charge is 0.379 e. The summed E-state index contributed by atoms with van der Waals surface area (Å²) >= 11 is 0. The highest BCUT2D eigenvalue weighted by atomic mass is 16.5. The van der Waals surface area contributed by atoms with Crippen LogP contribution in [0.25, 0.3) is 0 Å². The van der Waals surface area contributed by atoms with Crippen LogP contribution >= 0.6 is 0 Å². The monoisotopic (exact) mass is 353 g/mol. The maximum atomic E-state index is 12.6. The van der Waals surface area contributed by atoms with E-state index in [1.807, 2.05) is 16.7 Å². The minimum absolute atomic E-state index is 0.0244. The van der Waals surface area contributed by atoms with Crippen molar-refractivity contribution in [2.24, 2.45) is 11.8 Å². The lowest BCUT2D eigenvalue weighted by Crippen LogP contribution is -2.57. The summed E-state index contributed by atoms with van der Waals surface area (Å²) in [4.78, 5) is 28.6. The number of carbonyl (C=O) groups excluding carboxylic acids is 2. The zero-order chi connectivity index (χ0) is 17.8. The molecule has 0 aromatic heterocycles. The average Bonchev–Trinajstić information content (AvgIpc) is 3.46. The van der Waals surface area contributed by atoms with Crippen molar-refractivity contribution >= 4 is 11.9 Å². The summed E-state index contributed by atoms with van der Waals surface area (Å²) in [7, 11) is 0. The van der Waals surface area contributed by atoms with Crippen LogP contribution in [0.15, 0.2) is 0 Å².